The van der Waals surface area contributed by atoms with E-state index in [1.165, 1.54) is 20.2 Å². The molecule has 0 saturated carbocycles. The van der Waals surface area contributed by atoms with Crippen LogP contribution in [0.15, 0.2) is 48.0 Å². The van der Waals surface area contributed by atoms with E-state index < -0.39 is 5.54 Å². The molecule has 0 aliphatic carbocycles. The molecule has 1 aliphatic rings. The van der Waals surface area contributed by atoms with Crippen LogP contribution in [0.2, 0.25) is 0 Å². The monoisotopic (exact) mass is 345 g/mol. The summed E-state index contributed by atoms with van der Waals surface area (Å²) in [7, 11) is 0. The Labute approximate surface area is 148 Å². The Morgan fingerprint density at radius 3 is 2.35 bits per heavy atom. The van der Waals surface area contributed by atoms with Gasteiger partial charge in [-0.3, -0.25) is 14.6 Å². The second kappa shape index (κ2) is 5.80. The Kier molecular flexibility index (Phi) is 3.57. The van der Waals surface area contributed by atoms with Crippen molar-refractivity contribution in [1.82, 2.24) is 19.9 Å². The van der Waals surface area contributed by atoms with Crippen LogP contribution in [0, 0.1) is 0 Å². The maximum atomic E-state index is 12.0. The van der Waals surface area contributed by atoms with Gasteiger partial charge < -0.3 is 4.98 Å². The first-order valence-electron chi connectivity index (χ1n) is 8.06. The number of imidazole rings is 1. The second-order valence-electron chi connectivity index (χ2n) is 6.14. The highest BCUT2D eigenvalue weighted by Gasteiger charge is 2.37. The molecule has 1 N–H and O–H groups in total. The number of aliphatic imine (C=N–C) groups is 1. The van der Waals surface area contributed by atoms with E-state index >= 15 is 0 Å². The van der Waals surface area contributed by atoms with Crippen LogP contribution in [-0.2, 0) is 5.54 Å². The smallest absolute Gasteiger partial charge is 0.180 e. The van der Waals surface area contributed by atoms with Crippen molar-refractivity contribution in [3.63, 3.8) is 0 Å². The van der Waals surface area contributed by atoms with Crippen molar-refractivity contribution in [2.24, 2.45) is 4.99 Å². The lowest BCUT2D eigenvalue weighted by Gasteiger charge is -2.25. The fourth-order valence-electron chi connectivity index (χ4n) is 3.14. The summed E-state index contributed by atoms with van der Waals surface area (Å²) in [6.45, 7) is 2.95. The van der Waals surface area contributed by atoms with Gasteiger partial charge in [0.1, 0.15) is 23.1 Å². The Balaban J connectivity index is 2.03. The predicted octanol–water partition coefficient (Wildman–Crippen LogP) is 2.64. The SMILES string of the molecule is CC(=O)c1cc(C(C)=O)cc(C2(c3ncnc4nc[nH]c34)C=CC=N2)c1. The Bertz CT molecular complexity index is 1070. The van der Waals surface area contributed by atoms with E-state index in [4.69, 9.17) is 0 Å². The summed E-state index contributed by atoms with van der Waals surface area (Å²) >= 11 is 0. The lowest BCUT2D eigenvalue weighted by molar-refractivity contribution is 0.101. The van der Waals surface area contributed by atoms with Gasteiger partial charge in [-0.2, -0.15) is 0 Å². The molecule has 7 nitrogen and oxygen atoms in total. The maximum absolute atomic E-state index is 12.0. The Morgan fingerprint density at radius 1 is 1.00 bits per heavy atom. The number of ketones is 2. The molecule has 3 heterocycles. The van der Waals surface area contributed by atoms with Crippen LogP contribution in [0.3, 0.4) is 0 Å². The Hall–Kier alpha value is -3.48. The second-order valence-corrected chi connectivity index (χ2v) is 6.14. The van der Waals surface area contributed by atoms with Gasteiger partial charge in [-0.1, -0.05) is 0 Å². The summed E-state index contributed by atoms with van der Waals surface area (Å²) in [5.74, 6) is -0.241. The van der Waals surface area contributed by atoms with E-state index in [9.17, 15) is 9.59 Å². The van der Waals surface area contributed by atoms with Crippen LogP contribution < -0.4 is 0 Å². The number of aromatic nitrogens is 4. The van der Waals surface area contributed by atoms with Crippen LogP contribution in [0.1, 0.15) is 45.8 Å². The number of allylic oxidation sites excluding steroid dienone is 1. The summed E-state index contributed by atoms with van der Waals surface area (Å²) in [6.07, 6.45) is 8.36. The van der Waals surface area contributed by atoms with Crippen LogP contribution >= 0.6 is 0 Å². The van der Waals surface area contributed by atoms with Gasteiger partial charge in [0.2, 0.25) is 0 Å². The molecule has 26 heavy (non-hydrogen) atoms. The highest BCUT2D eigenvalue weighted by atomic mass is 16.1. The molecule has 0 spiro atoms. The Morgan fingerprint density at radius 2 is 1.73 bits per heavy atom. The highest BCUT2D eigenvalue weighted by Crippen LogP contribution is 2.39. The van der Waals surface area contributed by atoms with E-state index in [0.717, 1.165) is 0 Å². The first-order valence-corrected chi connectivity index (χ1v) is 8.06. The molecule has 0 bridgehead atoms. The fourth-order valence-corrected chi connectivity index (χ4v) is 3.14. The topological polar surface area (TPSA) is 101 Å². The minimum absolute atomic E-state index is 0.121. The van der Waals surface area contributed by atoms with Gasteiger partial charge in [-0.05, 0) is 49.8 Å². The van der Waals surface area contributed by atoms with Gasteiger partial charge in [-0.15, -0.1) is 0 Å². The quantitative estimate of drug-likeness (QED) is 0.733. The van der Waals surface area contributed by atoms with Crippen LogP contribution in [-0.4, -0.2) is 37.7 Å². The third-order valence-electron chi connectivity index (χ3n) is 4.47. The van der Waals surface area contributed by atoms with Gasteiger partial charge in [0, 0.05) is 17.3 Å². The number of aromatic amines is 1. The van der Waals surface area contributed by atoms with E-state index in [-0.39, 0.29) is 11.6 Å². The molecule has 2 aromatic heterocycles. The van der Waals surface area contributed by atoms with Gasteiger partial charge in [0.15, 0.2) is 17.2 Å². The maximum Gasteiger partial charge on any atom is 0.180 e. The molecule has 4 rings (SSSR count). The first kappa shape index (κ1) is 16.0. The van der Waals surface area contributed by atoms with Crippen molar-refractivity contribution >= 4 is 28.9 Å². The molecule has 1 aliphatic heterocycles. The largest absolute Gasteiger partial charge is 0.342 e. The summed E-state index contributed by atoms with van der Waals surface area (Å²) in [5.41, 5.74) is 2.45. The van der Waals surface area contributed by atoms with Crippen molar-refractivity contribution in [3.8, 4) is 0 Å². The number of nitrogens with zero attached hydrogens (tertiary/aromatic N) is 4. The van der Waals surface area contributed by atoms with Crippen LogP contribution in [0.4, 0.5) is 0 Å². The minimum atomic E-state index is -0.955. The summed E-state index contributed by atoms with van der Waals surface area (Å²) in [4.78, 5) is 44.4. The predicted molar refractivity (Wildman–Crippen MR) is 96.5 cm³/mol. The molecule has 7 heteroatoms. The number of carbonyl (C=O) groups is 2. The number of nitrogens with one attached hydrogen (secondary N) is 1. The molecule has 0 fully saturated rings. The molecule has 128 valence electrons. The molecular weight excluding hydrogens is 330 g/mol. The molecular formula is C19H15N5O2. The lowest BCUT2D eigenvalue weighted by Crippen LogP contribution is -2.24. The van der Waals surface area contributed by atoms with Crippen molar-refractivity contribution in [2.75, 3.05) is 0 Å². The fraction of sp³-hybridized carbons (Fsp3) is 0.158. The third kappa shape index (κ3) is 2.36. The average molecular weight is 345 g/mol. The van der Waals surface area contributed by atoms with E-state index in [1.54, 1.807) is 30.7 Å². The van der Waals surface area contributed by atoms with E-state index in [0.29, 0.717) is 33.5 Å². The number of benzene rings is 1. The molecule has 0 saturated heterocycles. The minimum Gasteiger partial charge on any atom is -0.342 e. The van der Waals surface area contributed by atoms with Crippen molar-refractivity contribution < 1.29 is 9.59 Å². The number of Topliss-reactive ketones (excluding diaryl/α,β-unsaturated/α-hetero) is 2. The normalized spacial score (nSPS) is 18.5. The van der Waals surface area contributed by atoms with Crippen LogP contribution in [0.25, 0.3) is 11.2 Å². The first-order chi connectivity index (χ1) is 12.5. The summed E-state index contributed by atoms with van der Waals surface area (Å²) < 4.78 is 0. The molecule has 1 aromatic carbocycles. The van der Waals surface area contributed by atoms with E-state index in [1.807, 2.05) is 12.2 Å². The molecule has 0 amide bonds. The highest BCUT2D eigenvalue weighted by molar-refractivity contribution is 6.00. The average Bonchev–Trinajstić information content (AvgIpc) is 3.31. The third-order valence-corrected chi connectivity index (χ3v) is 4.47. The zero-order chi connectivity index (χ0) is 18.3. The van der Waals surface area contributed by atoms with Crippen molar-refractivity contribution in [3.05, 3.63) is 65.4 Å². The van der Waals surface area contributed by atoms with Crippen molar-refractivity contribution in [1.29, 1.82) is 0 Å². The number of carbonyl (C=O) groups excluding carboxylic acids is 2. The van der Waals surface area contributed by atoms with Crippen LogP contribution in [0.5, 0.6) is 0 Å². The number of H-pyrrole nitrogens is 1. The molecule has 3 aromatic rings. The number of hydrogen-bond donors (Lipinski definition) is 1. The zero-order valence-electron chi connectivity index (χ0n) is 14.2. The molecule has 1 unspecified atom stereocenters. The molecule has 0 radical (unpaired) electrons. The van der Waals surface area contributed by atoms with Crippen molar-refractivity contribution in [2.45, 2.75) is 19.4 Å². The van der Waals surface area contributed by atoms with Gasteiger partial charge in [0.25, 0.3) is 0 Å². The standard InChI is InChI=1S/C19H15N5O2/c1-11(25)13-6-14(12(2)26)8-15(7-13)19(4-3-5-24-19)17-16-18(22-9-20-16)23-10-21-17/h3-10H,1-2H3,(H,20,21,22,23). The van der Waals surface area contributed by atoms with Gasteiger partial charge >= 0.3 is 0 Å². The summed E-state index contributed by atoms with van der Waals surface area (Å²) in [6, 6.07) is 5.12. The lowest BCUT2D eigenvalue weighted by atomic mass is 9.84. The molecule has 1 atom stereocenters. The van der Waals surface area contributed by atoms with Gasteiger partial charge in [0.05, 0.1) is 6.33 Å². The van der Waals surface area contributed by atoms with E-state index in [2.05, 4.69) is 24.9 Å². The van der Waals surface area contributed by atoms with Gasteiger partial charge in [-0.25, -0.2) is 15.0 Å². The number of rotatable bonds is 4. The zero-order valence-corrected chi connectivity index (χ0v) is 14.2. The summed E-state index contributed by atoms with van der Waals surface area (Å²) in [5, 5.41) is 0. The number of fused-ring (bicyclic) bond motifs is 1. The number of hydrogen-bond acceptors (Lipinski definition) is 6.